The van der Waals surface area contributed by atoms with Gasteiger partial charge in [-0.05, 0) is 32.0 Å². The molecule has 17 heavy (non-hydrogen) atoms. The van der Waals surface area contributed by atoms with Crippen LogP contribution in [0.2, 0.25) is 10.0 Å². The number of hydrogen-bond donors (Lipinski definition) is 1. The molecule has 0 aliphatic carbocycles. The van der Waals surface area contributed by atoms with Gasteiger partial charge in [0.25, 0.3) is 0 Å². The van der Waals surface area contributed by atoms with Crippen molar-refractivity contribution in [1.29, 1.82) is 0 Å². The van der Waals surface area contributed by atoms with Crippen molar-refractivity contribution in [3.63, 3.8) is 0 Å². The Morgan fingerprint density at radius 2 is 1.88 bits per heavy atom. The fourth-order valence-electron chi connectivity index (χ4n) is 1.13. The third kappa shape index (κ3) is 4.00. The van der Waals surface area contributed by atoms with Crippen molar-refractivity contribution < 1.29 is 8.42 Å². The Hall–Kier alpha value is -0.000000000000000111. The zero-order valence-corrected chi connectivity index (χ0v) is 12.4. The van der Waals surface area contributed by atoms with Crippen LogP contribution in [0.4, 0.5) is 0 Å². The molecule has 0 amide bonds. The molecular formula is C10H12Cl3NO2S. The van der Waals surface area contributed by atoms with Gasteiger partial charge < -0.3 is 0 Å². The van der Waals surface area contributed by atoms with Crippen molar-refractivity contribution in [3.8, 4) is 0 Å². The number of sulfonamides is 1. The third-order valence-electron chi connectivity index (χ3n) is 1.93. The Balaban J connectivity index is 3.18. The Morgan fingerprint density at radius 1 is 1.29 bits per heavy atom. The summed E-state index contributed by atoms with van der Waals surface area (Å²) in [6.07, 6.45) is 0. The minimum atomic E-state index is -3.73. The summed E-state index contributed by atoms with van der Waals surface area (Å²) in [6.45, 7) is 3.35. The predicted octanol–water partition coefficient (Wildman–Crippen LogP) is 3.29. The van der Waals surface area contributed by atoms with Crippen molar-refractivity contribution in [1.82, 2.24) is 4.72 Å². The number of hydrogen-bond acceptors (Lipinski definition) is 2. The summed E-state index contributed by atoms with van der Waals surface area (Å²) in [5, 5.41) is 0.422. The fourth-order valence-corrected chi connectivity index (χ4v) is 3.45. The SMILES string of the molecule is CC(C)(CCl)NS(=O)(=O)c1cc(Cl)ccc1Cl. The molecule has 0 saturated carbocycles. The van der Waals surface area contributed by atoms with Crippen LogP contribution in [0, 0.1) is 0 Å². The lowest BCUT2D eigenvalue weighted by Gasteiger charge is -2.23. The predicted molar refractivity (Wildman–Crippen MR) is 71.6 cm³/mol. The van der Waals surface area contributed by atoms with E-state index < -0.39 is 15.6 Å². The lowest BCUT2D eigenvalue weighted by molar-refractivity contribution is 0.496. The van der Waals surface area contributed by atoms with Gasteiger partial charge in [0.05, 0.1) is 5.02 Å². The first-order valence-corrected chi connectivity index (χ1v) is 7.50. The highest BCUT2D eigenvalue weighted by Gasteiger charge is 2.27. The molecule has 0 saturated heterocycles. The van der Waals surface area contributed by atoms with Crippen molar-refractivity contribution >= 4 is 44.8 Å². The van der Waals surface area contributed by atoms with E-state index in [4.69, 9.17) is 34.8 Å². The summed E-state index contributed by atoms with van der Waals surface area (Å²) in [7, 11) is -3.73. The Bertz CT molecular complexity index is 514. The molecule has 0 atom stereocenters. The smallest absolute Gasteiger partial charge is 0.207 e. The van der Waals surface area contributed by atoms with E-state index >= 15 is 0 Å². The highest BCUT2D eigenvalue weighted by Crippen LogP contribution is 2.26. The summed E-state index contributed by atoms with van der Waals surface area (Å²) in [4.78, 5) is -0.0511. The Kier molecular flexibility index (Phi) is 4.72. The van der Waals surface area contributed by atoms with E-state index in [0.717, 1.165) is 0 Å². The van der Waals surface area contributed by atoms with Gasteiger partial charge in [0.1, 0.15) is 4.90 Å². The second-order valence-corrected chi connectivity index (χ2v) is 6.96. The largest absolute Gasteiger partial charge is 0.242 e. The van der Waals surface area contributed by atoms with Crippen LogP contribution in [0.5, 0.6) is 0 Å². The van der Waals surface area contributed by atoms with Crippen LogP contribution < -0.4 is 4.72 Å². The molecule has 0 aliphatic rings. The molecule has 1 N–H and O–H groups in total. The standard InChI is InChI=1S/C10H12Cl3NO2S/c1-10(2,6-11)14-17(15,16)9-5-7(12)3-4-8(9)13/h3-5,14H,6H2,1-2H3. The normalized spacial score (nSPS) is 12.8. The zero-order chi connectivity index (χ0) is 13.3. The summed E-state index contributed by atoms with van der Waals surface area (Å²) in [6, 6.07) is 4.26. The minimum absolute atomic E-state index is 0.0511. The highest BCUT2D eigenvalue weighted by molar-refractivity contribution is 7.89. The second kappa shape index (κ2) is 5.33. The monoisotopic (exact) mass is 315 g/mol. The molecule has 1 rings (SSSR count). The van der Waals surface area contributed by atoms with Crippen molar-refractivity contribution in [2.24, 2.45) is 0 Å². The third-order valence-corrected chi connectivity index (χ3v) is 5.01. The number of benzene rings is 1. The van der Waals surface area contributed by atoms with Crippen molar-refractivity contribution in [3.05, 3.63) is 28.2 Å². The first-order valence-electron chi connectivity index (χ1n) is 4.73. The fraction of sp³-hybridized carbons (Fsp3) is 0.400. The van der Waals surface area contributed by atoms with Crippen molar-refractivity contribution in [2.45, 2.75) is 24.3 Å². The average molecular weight is 317 g/mol. The molecule has 96 valence electrons. The average Bonchev–Trinajstić information content (AvgIpc) is 2.20. The Morgan fingerprint density at radius 3 is 2.41 bits per heavy atom. The minimum Gasteiger partial charge on any atom is -0.207 e. The van der Waals surface area contributed by atoms with Crippen LogP contribution in [-0.4, -0.2) is 19.8 Å². The molecule has 0 aliphatic heterocycles. The molecule has 1 aromatic carbocycles. The van der Waals surface area contributed by atoms with Crippen LogP contribution in [0.1, 0.15) is 13.8 Å². The molecule has 0 bridgehead atoms. The van der Waals surface area contributed by atoms with Gasteiger partial charge in [-0.2, -0.15) is 0 Å². The van der Waals surface area contributed by atoms with Gasteiger partial charge >= 0.3 is 0 Å². The van der Waals surface area contributed by atoms with E-state index in [1.54, 1.807) is 13.8 Å². The Labute approximate surface area is 116 Å². The summed E-state index contributed by atoms with van der Waals surface area (Å²) in [5.41, 5.74) is -0.758. The summed E-state index contributed by atoms with van der Waals surface area (Å²) >= 11 is 17.3. The van der Waals surface area contributed by atoms with E-state index in [-0.39, 0.29) is 15.8 Å². The summed E-state index contributed by atoms with van der Waals surface area (Å²) < 4.78 is 26.6. The quantitative estimate of drug-likeness (QED) is 0.866. The zero-order valence-electron chi connectivity index (χ0n) is 9.30. The lowest BCUT2D eigenvalue weighted by atomic mass is 10.1. The van der Waals surface area contributed by atoms with Crippen molar-refractivity contribution in [2.75, 3.05) is 5.88 Å². The molecular weight excluding hydrogens is 305 g/mol. The van der Waals surface area contributed by atoms with E-state index in [1.165, 1.54) is 18.2 Å². The molecule has 7 heteroatoms. The molecule has 0 unspecified atom stereocenters. The van der Waals surface area contributed by atoms with E-state index in [1.807, 2.05) is 0 Å². The first-order chi connectivity index (χ1) is 7.68. The van der Waals surface area contributed by atoms with Crippen LogP contribution in [0.3, 0.4) is 0 Å². The van der Waals surface area contributed by atoms with Crippen LogP contribution in [0.15, 0.2) is 23.1 Å². The maximum absolute atomic E-state index is 12.1. The molecule has 0 radical (unpaired) electrons. The van der Waals surface area contributed by atoms with Gasteiger partial charge in [0, 0.05) is 16.4 Å². The maximum atomic E-state index is 12.1. The van der Waals surface area contributed by atoms with Crippen LogP contribution >= 0.6 is 34.8 Å². The van der Waals surface area contributed by atoms with Gasteiger partial charge in [0.2, 0.25) is 10.0 Å². The first kappa shape index (κ1) is 15.1. The van der Waals surface area contributed by atoms with E-state index in [2.05, 4.69) is 4.72 Å². The molecule has 0 fully saturated rings. The second-order valence-electron chi connectivity index (χ2n) is 4.20. The van der Waals surface area contributed by atoms with Crippen LogP contribution in [0.25, 0.3) is 0 Å². The van der Waals surface area contributed by atoms with Gasteiger partial charge in [-0.3, -0.25) is 0 Å². The van der Waals surface area contributed by atoms with Gasteiger partial charge in [-0.1, -0.05) is 23.2 Å². The number of nitrogens with one attached hydrogen (secondary N) is 1. The number of rotatable bonds is 4. The number of halogens is 3. The molecule has 1 aromatic rings. The highest BCUT2D eigenvalue weighted by atomic mass is 35.5. The van der Waals surface area contributed by atoms with Gasteiger partial charge in [0.15, 0.2) is 0 Å². The molecule has 0 spiro atoms. The molecule has 0 aromatic heterocycles. The van der Waals surface area contributed by atoms with E-state index in [0.29, 0.717) is 5.02 Å². The topological polar surface area (TPSA) is 46.2 Å². The molecule has 3 nitrogen and oxygen atoms in total. The number of alkyl halides is 1. The van der Waals surface area contributed by atoms with E-state index in [9.17, 15) is 8.42 Å². The maximum Gasteiger partial charge on any atom is 0.242 e. The van der Waals surface area contributed by atoms with Gasteiger partial charge in [-0.15, -0.1) is 11.6 Å². The summed E-state index contributed by atoms with van der Waals surface area (Å²) in [5.74, 6) is 0.143. The van der Waals surface area contributed by atoms with Crippen LogP contribution in [-0.2, 0) is 10.0 Å². The lowest BCUT2D eigenvalue weighted by Crippen LogP contribution is -2.44. The van der Waals surface area contributed by atoms with Gasteiger partial charge in [-0.25, -0.2) is 13.1 Å². The molecule has 0 heterocycles.